The monoisotopic (exact) mass is 290 g/mol. The van der Waals surface area contributed by atoms with Crippen molar-refractivity contribution in [3.05, 3.63) is 39.4 Å². The molecule has 21 heavy (non-hydrogen) atoms. The summed E-state index contributed by atoms with van der Waals surface area (Å²) < 4.78 is 0. The number of nitrogens with zero attached hydrogens (tertiary/aromatic N) is 2. The predicted molar refractivity (Wildman–Crippen MR) is 75.6 cm³/mol. The summed E-state index contributed by atoms with van der Waals surface area (Å²) in [5.74, 6) is -0.317. The number of carbonyl (C=O) groups is 1. The zero-order valence-electron chi connectivity index (χ0n) is 11.7. The number of rotatable bonds is 2. The summed E-state index contributed by atoms with van der Waals surface area (Å²) in [6, 6.07) is 4.84. The lowest BCUT2D eigenvalue weighted by atomic mass is 9.96. The van der Waals surface area contributed by atoms with E-state index in [0.29, 0.717) is 25.9 Å². The molecular weight excluding hydrogens is 272 g/mol. The fraction of sp³-hybridized carbons (Fsp3) is 0.533. The van der Waals surface area contributed by atoms with E-state index in [1.54, 1.807) is 17.0 Å². The number of hydrogen-bond donors (Lipinski definition) is 1. The maximum absolute atomic E-state index is 12.5. The number of benzene rings is 1. The Hall–Kier alpha value is -1.95. The molecule has 1 aliphatic carbocycles. The molecule has 0 bridgehead atoms. The topological polar surface area (TPSA) is 83.7 Å². The minimum atomic E-state index is -0.538. The van der Waals surface area contributed by atoms with E-state index in [4.69, 9.17) is 0 Å². The van der Waals surface area contributed by atoms with E-state index in [1.807, 2.05) is 0 Å². The average molecular weight is 290 g/mol. The molecular formula is C15H18N2O4. The van der Waals surface area contributed by atoms with Crippen molar-refractivity contribution in [1.82, 2.24) is 4.90 Å². The molecule has 1 aromatic carbocycles. The lowest BCUT2D eigenvalue weighted by Gasteiger charge is -2.31. The van der Waals surface area contributed by atoms with Crippen LogP contribution in [0.25, 0.3) is 0 Å². The van der Waals surface area contributed by atoms with Gasteiger partial charge in [-0.3, -0.25) is 14.9 Å². The van der Waals surface area contributed by atoms with Crippen LogP contribution < -0.4 is 0 Å². The molecule has 0 spiro atoms. The molecule has 1 aromatic rings. The van der Waals surface area contributed by atoms with Crippen molar-refractivity contribution in [2.75, 3.05) is 6.54 Å². The standard InChI is InChI=1S/C15H18N2O4/c18-14-3-1-2-13(14)15(19)16-7-6-10-4-5-12(17(20)21)8-11(10)9-16/h4-5,8,13-14,18H,1-3,6-7,9H2. The number of nitro benzene ring substituents is 1. The second kappa shape index (κ2) is 5.44. The highest BCUT2D eigenvalue weighted by molar-refractivity contribution is 5.80. The Morgan fingerprint density at radius 1 is 1.33 bits per heavy atom. The van der Waals surface area contributed by atoms with Crippen LogP contribution in [0.2, 0.25) is 0 Å². The minimum absolute atomic E-state index is 0.0165. The molecule has 6 heteroatoms. The van der Waals surface area contributed by atoms with Crippen molar-refractivity contribution in [1.29, 1.82) is 0 Å². The zero-order valence-corrected chi connectivity index (χ0v) is 11.7. The number of fused-ring (bicyclic) bond motifs is 1. The zero-order chi connectivity index (χ0) is 15.0. The van der Waals surface area contributed by atoms with Crippen molar-refractivity contribution in [3.8, 4) is 0 Å². The first-order chi connectivity index (χ1) is 10.1. The predicted octanol–water partition coefficient (Wildman–Crippen LogP) is 1.64. The van der Waals surface area contributed by atoms with Gasteiger partial charge in [0.05, 0.1) is 16.9 Å². The Bertz CT molecular complexity index is 587. The molecule has 1 N–H and O–H groups in total. The summed E-state index contributed by atoms with van der Waals surface area (Å²) >= 11 is 0. The van der Waals surface area contributed by atoms with Crippen molar-refractivity contribution < 1.29 is 14.8 Å². The number of hydrogen-bond acceptors (Lipinski definition) is 4. The SMILES string of the molecule is O=C(C1CCCC1O)N1CCc2ccc([N+](=O)[O-])cc2C1. The second-order valence-electron chi connectivity index (χ2n) is 5.82. The van der Waals surface area contributed by atoms with E-state index in [0.717, 1.165) is 24.0 Å². The largest absolute Gasteiger partial charge is 0.392 e. The smallest absolute Gasteiger partial charge is 0.269 e. The van der Waals surface area contributed by atoms with Crippen molar-refractivity contribution in [2.45, 2.75) is 38.3 Å². The van der Waals surface area contributed by atoms with Crippen LogP contribution >= 0.6 is 0 Å². The average Bonchev–Trinajstić information content (AvgIpc) is 2.91. The third kappa shape index (κ3) is 2.63. The van der Waals surface area contributed by atoms with Gasteiger partial charge in [0.25, 0.3) is 5.69 Å². The summed E-state index contributed by atoms with van der Waals surface area (Å²) in [5, 5.41) is 20.7. The molecule has 2 aliphatic rings. The van der Waals surface area contributed by atoms with Gasteiger partial charge in [0.2, 0.25) is 5.91 Å². The fourth-order valence-corrected chi connectivity index (χ4v) is 3.31. The van der Waals surface area contributed by atoms with Gasteiger partial charge in [0, 0.05) is 25.2 Å². The van der Waals surface area contributed by atoms with Gasteiger partial charge in [-0.15, -0.1) is 0 Å². The van der Waals surface area contributed by atoms with Gasteiger partial charge in [-0.25, -0.2) is 0 Å². The van der Waals surface area contributed by atoms with E-state index < -0.39 is 11.0 Å². The molecule has 1 heterocycles. The number of aliphatic hydroxyl groups excluding tert-OH is 1. The van der Waals surface area contributed by atoms with E-state index >= 15 is 0 Å². The van der Waals surface area contributed by atoms with Crippen LogP contribution in [0.15, 0.2) is 18.2 Å². The second-order valence-corrected chi connectivity index (χ2v) is 5.82. The highest BCUT2D eigenvalue weighted by Gasteiger charge is 2.35. The first kappa shape index (κ1) is 14.0. The van der Waals surface area contributed by atoms with Crippen LogP contribution in [0.1, 0.15) is 30.4 Å². The summed E-state index contributed by atoms with van der Waals surface area (Å²) in [4.78, 5) is 24.6. The number of carbonyl (C=O) groups excluding carboxylic acids is 1. The number of amides is 1. The van der Waals surface area contributed by atoms with Gasteiger partial charge in [0.1, 0.15) is 0 Å². The number of non-ortho nitro benzene ring substituents is 1. The molecule has 1 fully saturated rings. The molecule has 1 amide bonds. The van der Waals surface area contributed by atoms with Crippen molar-refractivity contribution in [2.24, 2.45) is 5.92 Å². The molecule has 112 valence electrons. The van der Waals surface area contributed by atoms with Crippen molar-refractivity contribution in [3.63, 3.8) is 0 Å². The van der Waals surface area contributed by atoms with E-state index in [1.165, 1.54) is 6.07 Å². The van der Waals surface area contributed by atoms with Gasteiger partial charge >= 0.3 is 0 Å². The van der Waals surface area contributed by atoms with Crippen LogP contribution in [0.4, 0.5) is 5.69 Å². The first-order valence-electron chi connectivity index (χ1n) is 7.29. The lowest BCUT2D eigenvalue weighted by Crippen LogP contribution is -2.41. The molecule has 0 radical (unpaired) electrons. The van der Waals surface area contributed by atoms with Gasteiger partial charge in [-0.1, -0.05) is 6.07 Å². The van der Waals surface area contributed by atoms with Crippen LogP contribution in [-0.2, 0) is 17.8 Å². The van der Waals surface area contributed by atoms with Crippen LogP contribution in [-0.4, -0.2) is 33.5 Å². The van der Waals surface area contributed by atoms with Crippen LogP contribution in [0.5, 0.6) is 0 Å². The maximum Gasteiger partial charge on any atom is 0.269 e. The molecule has 3 rings (SSSR count). The molecule has 2 atom stereocenters. The van der Waals surface area contributed by atoms with Crippen LogP contribution in [0, 0.1) is 16.0 Å². The lowest BCUT2D eigenvalue weighted by molar-refractivity contribution is -0.385. The Morgan fingerprint density at radius 2 is 2.14 bits per heavy atom. The summed E-state index contributed by atoms with van der Waals surface area (Å²) in [5.41, 5.74) is 1.97. The van der Waals surface area contributed by atoms with Gasteiger partial charge in [-0.2, -0.15) is 0 Å². The van der Waals surface area contributed by atoms with E-state index in [9.17, 15) is 20.0 Å². The third-order valence-corrected chi connectivity index (χ3v) is 4.52. The Labute approximate surface area is 122 Å². The summed E-state index contributed by atoms with van der Waals surface area (Å²) in [6.07, 6.45) is 2.48. The first-order valence-corrected chi connectivity index (χ1v) is 7.29. The van der Waals surface area contributed by atoms with Gasteiger partial charge < -0.3 is 10.0 Å². The third-order valence-electron chi connectivity index (χ3n) is 4.52. The Balaban J connectivity index is 1.78. The van der Waals surface area contributed by atoms with E-state index in [2.05, 4.69) is 0 Å². The maximum atomic E-state index is 12.5. The molecule has 0 saturated heterocycles. The molecule has 0 aromatic heterocycles. The molecule has 1 saturated carbocycles. The van der Waals surface area contributed by atoms with Gasteiger partial charge in [-0.05, 0) is 36.8 Å². The highest BCUT2D eigenvalue weighted by atomic mass is 16.6. The quantitative estimate of drug-likeness (QED) is 0.663. The molecule has 2 unspecified atom stereocenters. The Kier molecular flexibility index (Phi) is 3.63. The number of aliphatic hydroxyl groups is 1. The normalized spacial score (nSPS) is 24.7. The minimum Gasteiger partial charge on any atom is -0.392 e. The molecule has 6 nitrogen and oxygen atoms in total. The van der Waals surface area contributed by atoms with Gasteiger partial charge in [0.15, 0.2) is 0 Å². The van der Waals surface area contributed by atoms with Crippen LogP contribution in [0.3, 0.4) is 0 Å². The van der Waals surface area contributed by atoms with Crippen molar-refractivity contribution >= 4 is 11.6 Å². The summed E-state index contributed by atoms with van der Waals surface area (Å²) in [6.45, 7) is 1.02. The summed E-state index contributed by atoms with van der Waals surface area (Å²) in [7, 11) is 0. The number of nitro groups is 1. The Morgan fingerprint density at radius 3 is 2.81 bits per heavy atom. The van der Waals surface area contributed by atoms with E-state index in [-0.39, 0.29) is 17.5 Å². The highest BCUT2D eigenvalue weighted by Crippen LogP contribution is 2.30. The molecule has 1 aliphatic heterocycles. The fourth-order valence-electron chi connectivity index (χ4n) is 3.31.